The second-order valence-corrected chi connectivity index (χ2v) is 7.84. The van der Waals surface area contributed by atoms with Gasteiger partial charge in [0.2, 0.25) is 0 Å². The lowest BCUT2D eigenvalue weighted by molar-refractivity contribution is -0.178. The van der Waals surface area contributed by atoms with Crippen molar-refractivity contribution in [2.45, 2.75) is 50.4 Å². The first kappa shape index (κ1) is 17.7. The number of guanidine groups is 1. The van der Waals surface area contributed by atoms with E-state index in [0.717, 1.165) is 11.1 Å². The van der Waals surface area contributed by atoms with Gasteiger partial charge in [-0.3, -0.25) is 9.69 Å². The molecule has 0 bridgehead atoms. The summed E-state index contributed by atoms with van der Waals surface area (Å²) in [6, 6.07) is 5.52. The number of amides is 1. The number of fused-ring (bicyclic) bond motifs is 3. The van der Waals surface area contributed by atoms with E-state index in [1.807, 2.05) is 6.07 Å². The molecule has 1 aromatic rings. The molecule has 1 atom stereocenters. The molecule has 26 heavy (non-hydrogen) atoms. The van der Waals surface area contributed by atoms with Crippen LogP contribution in [0.1, 0.15) is 36.8 Å². The summed E-state index contributed by atoms with van der Waals surface area (Å²) < 4.78 is 29.8. The lowest BCUT2D eigenvalue weighted by Crippen LogP contribution is -2.51. The van der Waals surface area contributed by atoms with Crippen molar-refractivity contribution < 1.29 is 18.3 Å². The largest absolute Gasteiger partial charge is 0.369 e. The number of ether oxygens (including phenoxy) is 1. The summed E-state index contributed by atoms with van der Waals surface area (Å²) in [6.45, 7) is -2.78. The van der Waals surface area contributed by atoms with Crippen LogP contribution in [0.3, 0.4) is 0 Å². The molecule has 1 aliphatic heterocycles. The first-order valence-corrected chi connectivity index (χ1v) is 9.03. The quantitative estimate of drug-likeness (QED) is 0.853. The number of hydrogen-bond donors (Lipinski definition) is 1. The van der Waals surface area contributed by atoms with Crippen LogP contribution in [0.2, 0.25) is 5.02 Å². The van der Waals surface area contributed by atoms with Crippen molar-refractivity contribution in [1.82, 2.24) is 4.90 Å². The van der Waals surface area contributed by atoms with Crippen LogP contribution in [-0.2, 0) is 21.5 Å². The van der Waals surface area contributed by atoms with E-state index in [1.54, 1.807) is 19.2 Å². The Morgan fingerprint density at radius 1 is 1.38 bits per heavy atom. The Labute approximate surface area is 155 Å². The van der Waals surface area contributed by atoms with Crippen LogP contribution >= 0.6 is 11.6 Å². The van der Waals surface area contributed by atoms with Gasteiger partial charge in [-0.1, -0.05) is 17.7 Å². The van der Waals surface area contributed by atoms with Crippen molar-refractivity contribution in [3.63, 3.8) is 0 Å². The predicted molar refractivity (Wildman–Crippen MR) is 93.0 cm³/mol. The number of carbonyl (C=O) groups is 1. The average Bonchev–Trinajstić information content (AvgIpc) is 2.98. The smallest absolute Gasteiger partial charge is 0.345 e. The zero-order chi connectivity index (χ0) is 18.7. The van der Waals surface area contributed by atoms with Gasteiger partial charge in [-0.2, -0.15) is 8.78 Å². The Morgan fingerprint density at radius 2 is 2.08 bits per heavy atom. The van der Waals surface area contributed by atoms with E-state index in [-0.39, 0.29) is 11.9 Å². The third-order valence-corrected chi connectivity index (χ3v) is 6.42. The summed E-state index contributed by atoms with van der Waals surface area (Å²) in [4.78, 5) is 19.3. The van der Waals surface area contributed by atoms with Crippen LogP contribution in [0.15, 0.2) is 23.2 Å². The number of rotatable bonds is 2. The second-order valence-electron chi connectivity index (χ2n) is 7.40. The van der Waals surface area contributed by atoms with Crippen LogP contribution in [0.25, 0.3) is 0 Å². The molecule has 1 aromatic carbocycles. The molecule has 1 saturated carbocycles. The zero-order valence-electron chi connectivity index (χ0n) is 14.3. The fraction of sp³-hybridized carbons (Fsp3) is 0.556. The van der Waals surface area contributed by atoms with Crippen molar-refractivity contribution in [2.24, 2.45) is 16.1 Å². The molecule has 140 valence electrons. The summed E-state index contributed by atoms with van der Waals surface area (Å²) >= 11 is 6.21. The van der Waals surface area contributed by atoms with Gasteiger partial charge in [-0.05, 0) is 55.4 Å². The molecule has 3 aliphatic rings. The summed E-state index contributed by atoms with van der Waals surface area (Å²) in [5.41, 5.74) is 6.19. The topological polar surface area (TPSA) is 67.9 Å². The highest BCUT2D eigenvalue weighted by Crippen LogP contribution is 2.62. The Morgan fingerprint density at radius 3 is 2.65 bits per heavy atom. The van der Waals surface area contributed by atoms with Crippen molar-refractivity contribution >= 4 is 23.5 Å². The van der Waals surface area contributed by atoms with E-state index >= 15 is 0 Å². The minimum Gasteiger partial charge on any atom is -0.369 e. The number of hydrogen-bond acceptors (Lipinski definition) is 4. The number of carbonyl (C=O) groups excluding carboxylic acids is 1. The number of halogens is 3. The van der Waals surface area contributed by atoms with Crippen molar-refractivity contribution in [3.05, 3.63) is 34.3 Å². The van der Waals surface area contributed by atoms with E-state index in [1.165, 1.54) is 4.90 Å². The molecule has 0 radical (unpaired) electrons. The molecule has 2 N–H and O–H groups in total. The number of nitrogens with two attached hydrogens (primary N) is 1. The fourth-order valence-corrected chi connectivity index (χ4v) is 5.12. The molecular weight excluding hydrogens is 364 g/mol. The maximum Gasteiger partial charge on any atom is 0.345 e. The number of alkyl halides is 2. The first-order chi connectivity index (χ1) is 12.3. The van der Waals surface area contributed by atoms with Crippen LogP contribution in [0, 0.1) is 5.41 Å². The highest BCUT2D eigenvalue weighted by atomic mass is 35.5. The third kappa shape index (κ3) is 2.29. The summed E-state index contributed by atoms with van der Waals surface area (Å²) in [7, 11) is 1.61. The summed E-state index contributed by atoms with van der Waals surface area (Å²) in [6.07, 6.45) is 2.19. The molecule has 2 aliphatic carbocycles. The molecule has 0 saturated heterocycles. The van der Waals surface area contributed by atoms with Gasteiger partial charge in [0.05, 0.1) is 6.10 Å². The predicted octanol–water partition coefficient (Wildman–Crippen LogP) is 3.05. The monoisotopic (exact) mass is 383 g/mol. The third-order valence-electron chi connectivity index (χ3n) is 6.18. The Balaban J connectivity index is 1.78. The summed E-state index contributed by atoms with van der Waals surface area (Å²) in [5.74, 6) is -0.00241. The number of likely N-dealkylation sites (N-methyl/N-ethyl adjacent to an activating group) is 1. The molecule has 2 spiro atoms. The normalized spacial score (nSPS) is 33.4. The SMILES string of the molecule is CN1C(=O)C2(N=C1N)c1cc(Cl)ccc1CC21CCC(OC(F)F)CC1. The maximum atomic E-state index is 13.3. The van der Waals surface area contributed by atoms with Gasteiger partial charge in [-0.15, -0.1) is 0 Å². The van der Waals surface area contributed by atoms with E-state index in [0.29, 0.717) is 37.1 Å². The first-order valence-electron chi connectivity index (χ1n) is 8.65. The zero-order valence-corrected chi connectivity index (χ0v) is 15.1. The van der Waals surface area contributed by atoms with Crippen LogP contribution in [-0.4, -0.2) is 36.5 Å². The van der Waals surface area contributed by atoms with Gasteiger partial charge in [0.15, 0.2) is 11.5 Å². The second kappa shape index (κ2) is 5.89. The molecule has 0 aromatic heterocycles. The lowest BCUT2D eigenvalue weighted by Gasteiger charge is -2.45. The molecular formula is C18H20ClF2N3O2. The van der Waals surface area contributed by atoms with Crippen LogP contribution in [0.5, 0.6) is 0 Å². The minimum absolute atomic E-state index is 0.174. The van der Waals surface area contributed by atoms with Gasteiger partial charge in [-0.25, -0.2) is 4.99 Å². The summed E-state index contributed by atoms with van der Waals surface area (Å²) in [5, 5.41) is 0.533. The highest BCUT2D eigenvalue weighted by molar-refractivity contribution is 6.30. The fourth-order valence-electron chi connectivity index (χ4n) is 4.94. The van der Waals surface area contributed by atoms with Crippen molar-refractivity contribution in [3.8, 4) is 0 Å². The molecule has 8 heteroatoms. The van der Waals surface area contributed by atoms with E-state index in [4.69, 9.17) is 22.1 Å². The molecule has 1 fully saturated rings. The van der Waals surface area contributed by atoms with Crippen LogP contribution < -0.4 is 5.73 Å². The van der Waals surface area contributed by atoms with Gasteiger partial charge < -0.3 is 10.5 Å². The van der Waals surface area contributed by atoms with E-state index < -0.39 is 23.7 Å². The average molecular weight is 384 g/mol. The van der Waals surface area contributed by atoms with Crippen molar-refractivity contribution in [2.75, 3.05) is 7.05 Å². The standard InChI is InChI=1S/C18H20ClF2N3O2/c1-24-14(25)18(23-16(24)22)13-8-11(19)3-2-10(13)9-17(18)6-4-12(5-7-17)26-15(20)21/h2-3,8,12,15H,4-7,9H2,1H3,(H2,22,23). The lowest BCUT2D eigenvalue weighted by atomic mass is 9.61. The van der Waals surface area contributed by atoms with Gasteiger partial charge >= 0.3 is 6.61 Å². The number of nitrogens with zero attached hydrogens (tertiary/aromatic N) is 2. The van der Waals surface area contributed by atoms with Crippen molar-refractivity contribution in [1.29, 1.82) is 0 Å². The van der Waals surface area contributed by atoms with Gasteiger partial charge in [0.25, 0.3) is 5.91 Å². The number of aliphatic imine (C=N–C) groups is 1. The van der Waals surface area contributed by atoms with Gasteiger partial charge in [0, 0.05) is 17.5 Å². The molecule has 4 rings (SSSR count). The molecule has 5 nitrogen and oxygen atoms in total. The minimum atomic E-state index is -2.78. The van der Waals surface area contributed by atoms with Crippen LogP contribution in [0.4, 0.5) is 8.78 Å². The Kier molecular flexibility index (Phi) is 4.00. The Bertz CT molecular complexity index is 793. The Hall–Kier alpha value is -1.73. The highest BCUT2D eigenvalue weighted by Gasteiger charge is 2.66. The molecule has 1 unspecified atom stereocenters. The van der Waals surface area contributed by atoms with E-state index in [2.05, 4.69) is 4.99 Å². The van der Waals surface area contributed by atoms with E-state index in [9.17, 15) is 13.6 Å². The van der Waals surface area contributed by atoms with Gasteiger partial charge in [0.1, 0.15) is 0 Å². The number of benzene rings is 1. The maximum absolute atomic E-state index is 13.3. The molecule has 1 heterocycles. The molecule has 1 amide bonds.